The molecule has 0 fully saturated rings. The van der Waals surface area contributed by atoms with E-state index in [0.717, 1.165) is 19.5 Å². The van der Waals surface area contributed by atoms with Crippen LogP contribution in [0.1, 0.15) is 31.9 Å². The molecule has 0 heterocycles. The summed E-state index contributed by atoms with van der Waals surface area (Å²) >= 11 is 5.99. The summed E-state index contributed by atoms with van der Waals surface area (Å²) in [4.78, 5) is 2.39. The zero-order valence-electron chi connectivity index (χ0n) is 9.89. The van der Waals surface area contributed by atoms with Gasteiger partial charge < -0.3 is 4.90 Å². The first-order chi connectivity index (χ1) is 7.28. The zero-order valence-corrected chi connectivity index (χ0v) is 10.6. The highest BCUT2D eigenvalue weighted by Crippen LogP contribution is 2.27. The SMILES string of the molecule is CCc1cccc(CCl)c1N(CC)CC. The molecule has 0 aliphatic carbocycles. The third-order valence-electron chi connectivity index (χ3n) is 2.81. The fraction of sp³-hybridized carbons (Fsp3) is 0.538. The molecule has 0 unspecified atom stereocenters. The topological polar surface area (TPSA) is 3.24 Å². The molecule has 15 heavy (non-hydrogen) atoms. The standard InChI is InChI=1S/C13H20ClN/c1-4-11-8-7-9-12(10-14)13(11)15(5-2)6-3/h7-9H,4-6,10H2,1-3H3. The molecular formula is C13H20ClN. The highest BCUT2D eigenvalue weighted by Gasteiger charge is 2.11. The van der Waals surface area contributed by atoms with Crippen molar-refractivity contribution in [1.82, 2.24) is 0 Å². The van der Waals surface area contributed by atoms with Crippen LogP contribution >= 0.6 is 11.6 Å². The van der Waals surface area contributed by atoms with Crippen molar-refractivity contribution in [3.63, 3.8) is 0 Å². The largest absolute Gasteiger partial charge is 0.372 e. The van der Waals surface area contributed by atoms with Crippen molar-refractivity contribution in [2.24, 2.45) is 0 Å². The molecule has 0 aliphatic heterocycles. The van der Waals surface area contributed by atoms with Gasteiger partial charge in [-0.05, 0) is 31.4 Å². The molecule has 1 nitrogen and oxygen atoms in total. The Morgan fingerprint density at radius 3 is 2.13 bits per heavy atom. The highest BCUT2D eigenvalue weighted by molar-refractivity contribution is 6.17. The Morgan fingerprint density at radius 2 is 1.67 bits per heavy atom. The molecule has 0 saturated heterocycles. The van der Waals surface area contributed by atoms with Gasteiger partial charge in [0.1, 0.15) is 0 Å². The number of alkyl halides is 1. The van der Waals surface area contributed by atoms with E-state index in [1.54, 1.807) is 0 Å². The molecule has 0 saturated carbocycles. The van der Waals surface area contributed by atoms with Gasteiger partial charge in [-0.1, -0.05) is 25.1 Å². The van der Waals surface area contributed by atoms with Crippen molar-refractivity contribution >= 4 is 17.3 Å². The van der Waals surface area contributed by atoms with Crippen molar-refractivity contribution in [3.05, 3.63) is 29.3 Å². The van der Waals surface area contributed by atoms with Gasteiger partial charge in [-0.15, -0.1) is 11.6 Å². The van der Waals surface area contributed by atoms with Crippen LogP contribution in [0.3, 0.4) is 0 Å². The third-order valence-corrected chi connectivity index (χ3v) is 3.10. The predicted molar refractivity (Wildman–Crippen MR) is 68.9 cm³/mol. The molecule has 0 aromatic heterocycles. The number of rotatable bonds is 5. The number of anilines is 1. The molecule has 0 bridgehead atoms. The summed E-state index contributed by atoms with van der Waals surface area (Å²) in [5.74, 6) is 0.597. The van der Waals surface area contributed by atoms with Crippen molar-refractivity contribution in [2.75, 3.05) is 18.0 Å². The molecule has 2 heteroatoms. The fourth-order valence-electron chi connectivity index (χ4n) is 1.98. The Balaban J connectivity index is 3.20. The van der Waals surface area contributed by atoms with Gasteiger partial charge in [0, 0.05) is 24.7 Å². The lowest BCUT2D eigenvalue weighted by molar-refractivity contribution is 0.850. The average molecular weight is 226 g/mol. The van der Waals surface area contributed by atoms with Crippen LogP contribution in [0.5, 0.6) is 0 Å². The summed E-state index contributed by atoms with van der Waals surface area (Å²) in [5, 5.41) is 0. The van der Waals surface area contributed by atoms with Gasteiger partial charge in [-0.3, -0.25) is 0 Å². The number of aryl methyl sites for hydroxylation is 1. The summed E-state index contributed by atoms with van der Waals surface area (Å²) < 4.78 is 0. The van der Waals surface area contributed by atoms with E-state index in [1.807, 2.05) is 0 Å². The lowest BCUT2D eigenvalue weighted by atomic mass is 10.0. The van der Waals surface area contributed by atoms with Crippen molar-refractivity contribution in [1.29, 1.82) is 0 Å². The van der Waals surface area contributed by atoms with Crippen LogP contribution in [0.15, 0.2) is 18.2 Å². The van der Waals surface area contributed by atoms with Crippen molar-refractivity contribution in [2.45, 2.75) is 33.1 Å². The second-order valence-electron chi connectivity index (χ2n) is 3.58. The molecule has 0 N–H and O–H groups in total. The minimum Gasteiger partial charge on any atom is -0.372 e. The first-order valence-corrected chi connectivity index (χ1v) is 6.23. The van der Waals surface area contributed by atoms with Gasteiger partial charge in [-0.25, -0.2) is 0 Å². The monoisotopic (exact) mass is 225 g/mol. The van der Waals surface area contributed by atoms with Crippen LogP contribution in [0.2, 0.25) is 0 Å². The first-order valence-electron chi connectivity index (χ1n) is 5.70. The molecule has 0 radical (unpaired) electrons. The Bertz CT molecular complexity index is 283. The quantitative estimate of drug-likeness (QED) is 0.689. The maximum absolute atomic E-state index is 5.99. The zero-order chi connectivity index (χ0) is 11.3. The summed E-state index contributed by atoms with van der Waals surface area (Å²) in [6.07, 6.45) is 1.07. The van der Waals surface area contributed by atoms with Gasteiger partial charge in [0.15, 0.2) is 0 Å². The highest BCUT2D eigenvalue weighted by atomic mass is 35.5. The minimum absolute atomic E-state index is 0.597. The number of hydrogen-bond donors (Lipinski definition) is 0. The molecule has 84 valence electrons. The van der Waals surface area contributed by atoms with Gasteiger partial charge in [0.25, 0.3) is 0 Å². The lowest BCUT2D eigenvalue weighted by Gasteiger charge is -2.26. The summed E-state index contributed by atoms with van der Waals surface area (Å²) in [5.41, 5.74) is 4.00. The predicted octanol–water partition coefficient (Wildman–Crippen LogP) is 3.83. The van der Waals surface area contributed by atoms with E-state index < -0.39 is 0 Å². The van der Waals surface area contributed by atoms with Gasteiger partial charge in [0.05, 0.1) is 0 Å². The fourth-order valence-corrected chi connectivity index (χ4v) is 2.20. The van der Waals surface area contributed by atoms with Gasteiger partial charge in [0.2, 0.25) is 0 Å². The smallest absolute Gasteiger partial charge is 0.0494 e. The molecule has 1 rings (SSSR count). The van der Waals surface area contributed by atoms with E-state index in [1.165, 1.54) is 16.8 Å². The van der Waals surface area contributed by atoms with Crippen LogP contribution in [-0.4, -0.2) is 13.1 Å². The third kappa shape index (κ3) is 2.66. The number of para-hydroxylation sites is 1. The summed E-state index contributed by atoms with van der Waals surface area (Å²) in [6, 6.07) is 6.42. The summed E-state index contributed by atoms with van der Waals surface area (Å²) in [6.45, 7) is 8.65. The molecule has 1 aromatic carbocycles. The molecular weight excluding hydrogens is 206 g/mol. The van der Waals surface area contributed by atoms with Crippen molar-refractivity contribution in [3.8, 4) is 0 Å². The van der Waals surface area contributed by atoms with E-state index in [-0.39, 0.29) is 0 Å². The van der Waals surface area contributed by atoms with Crippen LogP contribution in [0, 0.1) is 0 Å². The van der Waals surface area contributed by atoms with Crippen LogP contribution in [-0.2, 0) is 12.3 Å². The van der Waals surface area contributed by atoms with Crippen LogP contribution < -0.4 is 4.90 Å². The number of benzene rings is 1. The number of hydrogen-bond acceptors (Lipinski definition) is 1. The first kappa shape index (κ1) is 12.4. The molecule has 0 amide bonds. The number of nitrogens with zero attached hydrogens (tertiary/aromatic N) is 1. The van der Waals surface area contributed by atoms with Gasteiger partial charge >= 0.3 is 0 Å². The van der Waals surface area contributed by atoms with E-state index in [2.05, 4.69) is 43.9 Å². The van der Waals surface area contributed by atoms with E-state index in [0.29, 0.717) is 5.88 Å². The Labute approximate surface area is 98.0 Å². The minimum atomic E-state index is 0.597. The molecule has 0 spiro atoms. The number of halogens is 1. The second kappa shape index (κ2) is 6.02. The van der Waals surface area contributed by atoms with Crippen LogP contribution in [0.4, 0.5) is 5.69 Å². The Kier molecular flexibility index (Phi) is 4.97. The van der Waals surface area contributed by atoms with E-state index >= 15 is 0 Å². The molecule has 0 aliphatic rings. The Hall–Kier alpha value is -0.690. The summed E-state index contributed by atoms with van der Waals surface area (Å²) in [7, 11) is 0. The maximum atomic E-state index is 5.99. The normalized spacial score (nSPS) is 10.4. The maximum Gasteiger partial charge on any atom is 0.0494 e. The average Bonchev–Trinajstić information content (AvgIpc) is 2.30. The molecule has 1 aromatic rings. The Morgan fingerprint density at radius 1 is 1.07 bits per heavy atom. The van der Waals surface area contributed by atoms with E-state index in [9.17, 15) is 0 Å². The van der Waals surface area contributed by atoms with Crippen molar-refractivity contribution < 1.29 is 0 Å². The lowest BCUT2D eigenvalue weighted by Crippen LogP contribution is -2.24. The van der Waals surface area contributed by atoms with Gasteiger partial charge in [-0.2, -0.15) is 0 Å². The second-order valence-corrected chi connectivity index (χ2v) is 3.85. The van der Waals surface area contributed by atoms with E-state index in [4.69, 9.17) is 11.6 Å². The van der Waals surface area contributed by atoms with Crippen LogP contribution in [0.25, 0.3) is 0 Å². The molecule has 0 atom stereocenters.